The van der Waals surface area contributed by atoms with E-state index in [1.807, 2.05) is 6.07 Å². The van der Waals surface area contributed by atoms with E-state index in [1.165, 1.54) is 25.3 Å². The van der Waals surface area contributed by atoms with Gasteiger partial charge in [-0.15, -0.1) is 0 Å². The van der Waals surface area contributed by atoms with Crippen molar-refractivity contribution in [3.05, 3.63) is 94.0 Å². The van der Waals surface area contributed by atoms with Gasteiger partial charge in [-0.2, -0.15) is 0 Å². The van der Waals surface area contributed by atoms with Crippen LogP contribution in [0.4, 0.5) is 5.69 Å². The molecule has 0 bridgehead atoms. The van der Waals surface area contributed by atoms with Crippen LogP contribution in [0.3, 0.4) is 0 Å². The second kappa shape index (κ2) is 9.24. The van der Waals surface area contributed by atoms with Gasteiger partial charge in [0.2, 0.25) is 11.8 Å². The van der Waals surface area contributed by atoms with E-state index in [0.717, 1.165) is 10.5 Å². The molecule has 2 fully saturated rings. The number of fused-ring (bicyclic) bond motifs is 1. The summed E-state index contributed by atoms with van der Waals surface area (Å²) in [5, 5.41) is 14.3. The Bertz CT molecular complexity index is 1370. The van der Waals surface area contributed by atoms with Crippen LogP contribution in [0, 0.1) is 11.8 Å². The number of rotatable bonds is 6. The molecule has 2 aliphatic rings. The normalized spacial score (nSPS) is 25.2. The number of hydrogen-bond acceptors (Lipinski definition) is 5. The number of nitrogens with one attached hydrogen (secondary N) is 1. The van der Waals surface area contributed by atoms with E-state index in [4.69, 9.17) is 27.9 Å². The first-order chi connectivity index (χ1) is 17.3. The average molecular weight is 525 g/mol. The number of imide groups is 1. The summed E-state index contributed by atoms with van der Waals surface area (Å²) >= 11 is 12.4. The van der Waals surface area contributed by atoms with Gasteiger partial charge in [-0.25, -0.2) is 4.90 Å². The van der Waals surface area contributed by atoms with Crippen LogP contribution in [-0.2, 0) is 20.8 Å². The van der Waals surface area contributed by atoms with E-state index in [2.05, 4.69) is 5.32 Å². The highest BCUT2D eigenvalue weighted by atomic mass is 35.5. The summed E-state index contributed by atoms with van der Waals surface area (Å²) in [6.45, 7) is 0. The van der Waals surface area contributed by atoms with E-state index in [-0.39, 0.29) is 17.1 Å². The molecule has 0 aromatic heterocycles. The molecule has 5 rings (SSSR count). The van der Waals surface area contributed by atoms with E-state index in [0.29, 0.717) is 16.3 Å². The molecule has 4 atom stereocenters. The van der Waals surface area contributed by atoms with Crippen molar-refractivity contribution in [2.24, 2.45) is 11.8 Å². The molecule has 9 heteroatoms. The quantitative estimate of drug-likeness (QED) is 0.460. The minimum Gasteiger partial charge on any atom is -0.497 e. The van der Waals surface area contributed by atoms with E-state index in [9.17, 15) is 19.5 Å². The Morgan fingerprint density at radius 2 is 1.78 bits per heavy atom. The van der Waals surface area contributed by atoms with E-state index in [1.54, 1.807) is 48.5 Å². The van der Waals surface area contributed by atoms with Gasteiger partial charge in [0.1, 0.15) is 11.3 Å². The van der Waals surface area contributed by atoms with Crippen molar-refractivity contribution in [2.75, 3.05) is 12.0 Å². The SMILES string of the molecule is COc1cccc([C@@H]2N[C@](Cc3ccccc3)(C(=O)O)[C@H]3C(=O)N(c4ccc(Cl)cc4Cl)C(=O)[C@H]23)c1. The number of aliphatic carboxylic acids is 1. The van der Waals surface area contributed by atoms with Gasteiger partial charge in [-0.1, -0.05) is 65.7 Å². The maximum atomic E-state index is 13.9. The van der Waals surface area contributed by atoms with Gasteiger partial charge < -0.3 is 9.84 Å². The van der Waals surface area contributed by atoms with Crippen molar-refractivity contribution in [2.45, 2.75) is 18.0 Å². The summed E-state index contributed by atoms with van der Waals surface area (Å²) in [5.41, 5.74) is -0.194. The zero-order chi connectivity index (χ0) is 25.6. The Morgan fingerprint density at radius 3 is 2.44 bits per heavy atom. The zero-order valence-corrected chi connectivity index (χ0v) is 20.7. The Hall–Kier alpha value is -3.39. The van der Waals surface area contributed by atoms with Gasteiger partial charge in [-0.05, 0) is 41.5 Å². The molecule has 2 heterocycles. The standard InChI is InChI=1S/C27H22Cl2N2O5/c1-36-18-9-5-8-16(12-18)23-21-22(27(30-23,26(34)35)14-15-6-3-2-4-7-15)25(33)31(24(21)32)20-11-10-17(28)13-19(20)29/h2-13,21-23,30H,14H2,1H3,(H,34,35)/t21-,22+,23-,27-/m0/s1. The number of carboxylic acids is 1. The van der Waals surface area contributed by atoms with Crippen LogP contribution in [-0.4, -0.2) is 35.5 Å². The van der Waals surface area contributed by atoms with E-state index < -0.39 is 41.2 Å². The monoisotopic (exact) mass is 524 g/mol. The molecular weight excluding hydrogens is 503 g/mol. The van der Waals surface area contributed by atoms with Crippen LogP contribution >= 0.6 is 23.2 Å². The molecule has 0 saturated carbocycles. The molecule has 0 radical (unpaired) electrons. The number of methoxy groups -OCH3 is 1. The minimum atomic E-state index is -1.74. The minimum absolute atomic E-state index is 0.00597. The summed E-state index contributed by atoms with van der Waals surface area (Å²) < 4.78 is 5.35. The Kier molecular flexibility index (Phi) is 6.24. The molecule has 2 amide bonds. The second-order valence-corrected chi connectivity index (χ2v) is 9.79. The molecule has 7 nitrogen and oxygen atoms in total. The number of amides is 2. The number of hydrogen-bond donors (Lipinski definition) is 2. The van der Waals surface area contributed by atoms with Crippen LogP contribution in [0.5, 0.6) is 5.75 Å². The van der Waals surface area contributed by atoms with Crippen LogP contribution in [0.2, 0.25) is 10.0 Å². The predicted molar refractivity (Wildman–Crippen MR) is 135 cm³/mol. The number of carbonyl (C=O) groups is 3. The van der Waals surface area contributed by atoms with E-state index >= 15 is 0 Å². The van der Waals surface area contributed by atoms with Gasteiger partial charge >= 0.3 is 5.97 Å². The topological polar surface area (TPSA) is 95.9 Å². The fourth-order valence-corrected chi connectivity index (χ4v) is 5.87. The number of carboxylic acid groups (broad SMARTS) is 1. The van der Waals surface area contributed by atoms with Crippen LogP contribution in [0.1, 0.15) is 17.2 Å². The first kappa shape index (κ1) is 24.3. The lowest BCUT2D eigenvalue weighted by Gasteiger charge is -2.31. The van der Waals surface area contributed by atoms with Crippen LogP contribution in [0.15, 0.2) is 72.8 Å². The largest absolute Gasteiger partial charge is 0.497 e. The van der Waals surface area contributed by atoms with Gasteiger partial charge in [-0.3, -0.25) is 19.7 Å². The first-order valence-electron chi connectivity index (χ1n) is 11.3. The first-order valence-corrected chi connectivity index (χ1v) is 12.0. The number of ether oxygens (including phenoxy) is 1. The number of halogens is 2. The molecule has 2 N–H and O–H groups in total. The van der Waals surface area contributed by atoms with Gasteiger partial charge in [0.15, 0.2) is 0 Å². The van der Waals surface area contributed by atoms with Crippen LogP contribution in [0.25, 0.3) is 0 Å². The fourth-order valence-electron chi connectivity index (χ4n) is 5.38. The highest BCUT2D eigenvalue weighted by Gasteiger charge is 2.68. The molecule has 0 spiro atoms. The molecule has 184 valence electrons. The van der Waals surface area contributed by atoms with Gasteiger partial charge in [0.25, 0.3) is 0 Å². The Labute approximate surface area is 217 Å². The van der Waals surface area contributed by atoms with Crippen molar-refractivity contribution >= 4 is 46.7 Å². The molecule has 3 aromatic carbocycles. The summed E-state index contributed by atoms with van der Waals surface area (Å²) in [6.07, 6.45) is 0.00597. The molecule has 36 heavy (non-hydrogen) atoms. The van der Waals surface area contributed by atoms with Crippen molar-refractivity contribution in [1.29, 1.82) is 0 Å². The van der Waals surface area contributed by atoms with Gasteiger partial charge in [0.05, 0.1) is 29.7 Å². The average Bonchev–Trinajstić information content (AvgIpc) is 3.34. The predicted octanol–water partition coefficient (Wildman–Crippen LogP) is 4.52. The summed E-state index contributed by atoms with van der Waals surface area (Å²) in [5.74, 6) is -3.95. The van der Waals surface area contributed by atoms with Gasteiger partial charge in [0, 0.05) is 17.5 Å². The fraction of sp³-hybridized carbons (Fsp3) is 0.222. The van der Waals surface area contributed by atoms with Crippen molar-refractivity contribution in [1.82, 2.24) is 5.32 Å². The number of benzene rings is 3. The molecule has 3 aromatic rings. The lowest BCUT2D eigenvalue weighted by atomic mass is 9.76. The third-order valence-corrected chi connectivity index (χ3v) is 7.50. The Balaban J connectivity index is 1.67. The highest BCUT2D eigenvalue weighted by molar-refractivity contribution is 6.38. The Morgan fingerprint density at radius 1 is 1.03 bits per heavy atom. The van der Waals surface area contributed by atoms with Crippen LogP contribution < -0.4 is 15.0 Å². The summed E-state index contributed by atoms with van der Waals surface area (Å²) in [6, 6.07) is 19.8. The lowest BCUT2D eigenvalue weighted by molar-refractivity contribution is -0.148. The molecule has 2 aliphatic heterocycles. The molecule has 2 saturated heterocycles. The maximum Gasteiger partial charge on any atom is 0.325 e. The second-order valence-electron chi connectivity index (χ2n) is 8.95. The third-order valence-electron chi connectivity index (χ3n) is 6.97. The smallest absolute Gasteiger partial charge is 0.325 e. The van der Waals surface area contributed by atoms with Crippen molar-refractivity contribution in [3.63, 3.8) is 0 Å². The molecule has 0 aliphatic carbocycles. The number of anilines is 1. The maximum absolute atomic E-state index is 13.9. The lowest BCUT2D eigenvalue weighted by Crippen LogP contribution is -2.57. The number of carbonyl (C=O) groups excluding carboxylic acids is 2. The molecule has 0 unspecified atom stereocenters. The van der Waals surface area contributed by atoms with Crippen molar-refractivity contribution in [3.8, 4) is 5.75 Å². The third kappa shape index (κ3) is 3.84. The summed E-state index contributed by atoms with van der Waals surface area (Å²) in [7, 11) is 1.52. The highest BCUT2D eigenvalue weighted by Crippen LogP contribution is 2.52. The summed E-state index contributed by atoms with van der Waals surface area (Å²) in [4.78, 5) is 41.8. The molecular formula is C27H22Cl2N2O5. The number of nitrogens with zero attached hydrogens (tertiary/aromatic N) is 1. The zero-order valence-electron chi connectivity index (χ0n) is 19.2. The van der Waals surface area contributed by atoms with Crippen molar-refractivity contribution < 1.29 is 24.2 Å².